The van der Waals surface area contributed by atoms with Crippen molar-refractivity contribution < 1.29 is 18.7 Å². The lowest BCUT2D eigenvalue weighted by Crippen LogP contribution is -2.46. The van der Waals surface area contributed by atoms with Gasteiger partial charge < -0.3 is 14.5 Å². The summed E-state index contributed by atoms with van der Waals surface area (Å²) in [4.78, 5) is 27.5. The minimum Gasteiger partial charge on any atom is -0.493 e. The summed E-state index contributed by atoms with van der Waals surface area (Å²) in [5, 5.41) is 0. The number of halogens is 1. The Bertz CT molecular complexity index is 590. The highest BCUT2D eigenvalue weighted by molar-refractivity contribution is 5.85. The molecule has 2 aliphatic rings. The number of hydrogen-bond donors (Lipinski definition) is 0. The molecular weight excluding hydrogens is 311 g/mol. The van der Waals surface area contributed by atoms with Crippen molar-refractivity contribution in [2.24, 2.45) is 5.92 Å². The lowest BCUT2D eigenvalue weighted by Gasteiger charge is -2.33. The second kappa shape index (κ2) is 7.64. The lowest BCUT2D eigenvalue weighted by molar-refractivity contribution is -0.139. The van der Waals surface area contributed by atoms with Crippen molar-refractivity contribution in [3.05, 3.63) is 30.1 Å². The SMILES string of the molecule is O=C1CCCN1CC(=O)N1CCC[C@@H](COc2ccc(F)cc2)C1. The van der Waals surface area contributed by atoms with E-state index < -0.39 is 0 Å². The van der Waals surface area contributed by atoms with E-state index in [4.69, 9.17) is 4.74 Å². The molecule has 2 amide bonds. The molecule has 5 nitrogen and oxygen atoms in total. The van der Waals surface area contributed by atoms with E-state index >= 15 is 0 Å². The minimum atomic E-state index is -0.284. The van der Waals surface area contributed by atoms with Crippen molar-refractivity contribution in [1.82, 2.24) is 9.80 Å². The Kier molecular flexibility index (Phi) is 5.33. The zero-order chi connectivity index (χ0) is 16.9. The van der Waals surface area contributed by atoms with E-state index in [1.807, 2.05) is 4.90 Å². The number of amides is 2. The maximum absolute atomic E-state index is 12.9. The third-order valence-corrected chi connectivity index (χ3v) is 4.67. The fourth-order valence-corrected chi connectivity index (χ4v) is 3.31. The number of piperidine rings is 1. The monoisotopic (exact) mass is 334 g/mol. The quantitative estimate of drug-likeness (QED) is 0.828. The van der Waals surface area contributed by atoms with Gasteiger partial charge in [-0.3, -0.25) is 9.59 Å². The molecule has 2 heterocycles. The van der Waals surface area contributed by atoms with Crippen LogP contribution in [0.3, 0.4) is 0 Å². The normalized spacial score (nSPS) is 21.2. The zero-order valence-electron chi connectivity index (χ0n) is 13.7. The van der Waals surface area contributed by atoms with Crippen LogP contribution < -0.4 is 4.74 Å². The maximum atomic E-state index is 12.9. The molecule has 130 valence electrons. The number of ether oxygens (including phenoxy) is 1. The van der Waals surface area contributed by atoms with Crippen LogP contribution in [0.5, 0.6) is 5.75 Å². The van der Waals surface area contributed by atoms with Gasteiger partial charge in [0.1, 0.15) is 11.6 Å². The summed E-state index contributed by atoms with van der Waals surface area (Å²) in [6.07, 6.45) is 3.35. The molecule has 1 aromatic carbocycles. The molecule has 1 aromatic rings. The van der Waals surface area contributed by atoms with Gasteiger partial charge in [-0.05, 0) is 43.5 Å². The molecule has 2 aliphatic heterocycles. The van der Waals surface area contributed by atoms with Gasteiger partial charge in [0.25, 0.3) is 0 Å². The van der Waals surface area contributed by atoms with Crippen molar-refractivity contribution in [1.29, 1.82) is 0 Å². The van der Waals surface area contributed by atoms with Crippen LogP contribution in [0.1, 0.15) is 25.7 Å². The molecule has 0 saturated carbocycles. The smallest absolute Gasteiger partial charge is 0.242 e. The van der Waals surface area contributed by atoms with Gasteiger partial charge in [0.15, 0.2) is 0 Å². The number of likely N-dealkylation sites (tertiary alicyclic amines) is 2. The number of hydrogen-bond acceptors (Lipinski definition) is 3. The molecule has 2 saturated heterocycles. The van der Waals surface area contributed by atoms with Crippen molar-refractivity contribution in [3.8, 4) is 5.75 Å². The van der Waals surface area contributed by atoms with Crippen molar-refractivity contribution >= 4 is 11.8 Å². The number of benzene rings is 1. The Morgan fingerprint density at radius 1 is 1.21 bits per heavy atom. The molecule has 6 heteroatoms. The van der Waals surface area contributed by atoms with E-state index in [1.54, 1.807) is 17.0 Å². The van der Waals surface area contributed by atoms with E-state index in [0.717, 1.165) is 25.8 Å². The van der Waals surface area contributed by atoms with Crippen LogP contribution in [-0.4, -0.2) is 54.4 Å². The summed E-state index contributed by atoms with van der Waals surface area (Å²) in [5.74, 6) is 0.728. The highest BCUT2D eigenvalue weighted by atomic mass is 19.1. The largest absolute Gasteiger partial charge is 0.493 e. The van der Waals surface area contributed by atoms with Gasteiger partial charge in [-0.2, -0.15) is 0 Å². The van der Waals surface area contributed by atoms with Crippen LogP contribution >= 0.6 is 0 Å². The topological polar surface area (TPSA) is 49.9 Å². The second-order valence-electron chi connectivity index (χ2n) is 6.53. The Labute approximate surface area is 141 Å². The molecule has 0 unspecified atom stereocenters. The Hall–Kier alpha value is -2.11. The first kappa shape index (κ1) is 16.7. The van der Waals surface area contributed by atoms with Crippen LogP contribution in [0.2, 0.25) is 0 Å². The third kappa shape index (κ3) is 4.24. The zero-order valence-corrected chi connectivity index (χ0v) is 13.7. The van der Waals surface area contributed by atoms with E-state index in [0.29, 0.717) is 31.9 Å². The molecule has 3 rings (SSSR count). The first-order chi connectivity index (χ1) is 11.6. The number of carbonyl (C=O) groups is 2. The van der Waals surface area contributed by atoms with Crippen LogP contribution in [0.4, 0.5) is 4.39 Å². The molecule has 24 heavy (non-hydrogen) atoms. The Morgan fingerprint density at radius 2 is 2.00 bits per heavy atom. The summed E-state index contributed by atoms with van der Waals surface area (Å²) in [6.45, 7) is 2.80. The Morgan fingerprint density at radius 3 is 2.71 bits per heavy atom. The molecule has 0 aromatic heterocycles. The van der Waals surface area contributed by atoms with E-state index in [1.165, 1.54) is 12.1 Å². The second-order valence-corrected chi connectivity index (χ2v) is 6.53. The number of nitrogens with zero attached hydrogens (tertiary/aromatic N) is 2. The predicted octanol–water partition coefficient (Wildman–Crippen LogP) is 2.07. The van der Waals surface area contributed by atoms with E-state index in [-0.39, 0.29) is 30.1 Å². The highest BCUT2D eigenvalue weighted by Gasteiger charge is 2.28. The minimum absolute atomic E-state index is 0.0248. The molecule has 0 bridgehead atoms. The molecule has 0 spiro atoms. The fraction of sp³-hybridized carbons (Fsp3) is 0.556. The van der Waals surface area contributed by atoms with Gasteiger partial charge >= 0.3 is 0 Å². The number of rotatable bonds is 5. The summed E-state index contributed by atoms with van der Waals surface area (Å²) in [6, 6.07) is 5.97. The summed E-state index contributed by atoms with van der Waals surface area (Å²) in [7, 11) is 0. The van der Waals surface area contributed by atoms with Crippen LogP contribution in [0, 0.1) is 11.7 Å². The first-order valence-electron chi connectivity index (χ1n) is 8.56. The van der Waals surface area contributed by atoms with Gasteiger partial charge in [-0.25, -0.2) is 4.39 Å². The van der Waals surface area contributed by atoms with Crippen LogP contribution in [0.25, 0.3) is 0 Å². The first-order valence-corrected chi connectivity index (χ1v) is 8.56. The van der Waals surface area contributed by atoms with Crippen molar-refractivity contribution in [3.63, 3.8) is 0 Å². The van der Waals surface area contributed by atoms with Gasteiger partial charge in [0, 0.05) is 32.0 Å². The molecule has 2 fully saturated rings. The van der Waals surface area contributed by atoms with Gasteiger partial charge in [-0.1, -0.05) is 0 Å². The standard InChI is InChI=1S/C18H23FN2O3/c19-15-5-7-16(8-6-15)24-13-14-3-1-9-20(11-14)18(23)12-21-10-2-4-17(21)22/h5-8,14H,1-4,9-13H2/t14-/m1/s1. The molecular formula is C18H23FN2O3. The average Bonchev–Trinajstić information content (AvgIpc) is 2.99. The third-order valence-electron chi connectivity index (χ3n) is 4.67. The Balaban J connectivity index is 1.47. The predicted molar refractivity (Wildman–Crippen MR) is 87.0 cm³/mol. The molecule has 0 N–H and O–H groups in total. The molecule has 0 radical (unpaired) electrons. The maximum Gasteiger partial charge on any atom is 0.242 e. The van der Waals surface area contributed by atoms with E-state index in [2.05, 4.69) is 0 Å². The average molecular weight is 334 g/mol. The van der Waals surface area contributed by atoms with Gasteiger partial charge in [0.2, 0.25) is 11.8 Å². The van der Waals surface area contributed by atoms with Gasteiger partial charge in [-0.15, -0.1) is 0 Å². The molecule has 0 aliphatic carbocycles. The van der Waals surface area contributed by atoms with E-state index in [9.17, 15) is 14.0 Å². The summed E-state index contributed by atoms with van der Waals surface area (Å²) >= 11 is 0. The number of carbonyl (C=O) groups excluding carboxylic acids is 2. The highest BCUT2D eigenvalue weighted by Crippen LogP contribution is 2.20. The van der Waals surface area contributed by atoms with Crippen LogP contribution in [0.15, 0.2) is 24.3 Å². The van der Waals surface area contributed by atoms with Gasteiger partial charge in [0.05, 0.1) is 13.2 Å². The lowest BCUT2D eigenvalue weighted by atomic mass is 9.99. The van der Waals surface area contributed by atoms with Crippen molar-refractivity contribution in [2.75, 3.05) is 32.8 Å². The van der Waals surface area contributed by atoms with Crippen molar-refractivity contribution in [2.45, 2.75) is 25.7 Å². The summed E-state index contributed by atoms with van der Waals surface area (Å²) in [5.41, 5.74) is 0. The fourth-order valence-electron chi connectivity index (χ4n) is 3.31. The van der Waals surface area contributed by atoms with Crippen LogP contribution in [-0.2, 0) is 9.59 Å². The summed E-state index contributed by atoms with van der Waals surface area (Å²) < 4.78 is 18.6. The molecule has 1 atom stereocenters.